The first-order valence-corrected chi connectivity index (χ1v) is 10.2. The van der Waals surface area contributed by atoms with Gasteiger partial charge in [0.2, 0.25) is 0 Å². The Morgan fingerprint density at radius 2 is 1.75 bits per heavy atom. The van der Waals surface area contributed by atoms with Crippen molar-refractivity contribution < 1.29 is 19.4 Å². The SMILES string of the molecule is CC(C)c1cccc(C(C)C)c1OC(CCC(=O)O)=NCCN1CCOCC1. The van der Waals surface area contributed by atoms with Gasteiger partial charge in [-0.15, -0.1) is 0 Å². The summed E-state index contributed by atoms with van der Waals surface area (Å²) in [6, 6.07) is 6.22. The molecule has 156 valence electrons. The van der Waals surface area contributed by atoms with Crippen LogP contribution in [0.3, 0.4) is 0 Å². The van der Waals surface area contributed by atoms with Crippen LogP contribution in [0.5, 0.6) is 5.75 Å². The van der Waals surface area contributed by atoms with E-state index < -0.39 is 5.97 Å². The van der Waals surface area contributed by atoms with E-state index in [1.807, 2.05) is 0 Å². The van der Waals surface area contributed by atoms with Gasteiger partial charge in [0.15, 0.2) is 5.90 Å². The summed E-state index contributed by atoms with van der Waals surface area (Å²) >= 11 is 0. The van der Waals surface area contributed by atoms with Crippen molar-refractivity contribution in [2.45, 2.75) is 52.4 Å². The maximum absolute atomic E-state index is 11.1. The molecule has 28 heavy (non-hydrogen) atoms. The fourth-order valence-corrected chi connectivity index (χ4v) is 3.24. The van der Waals surface area contributed by atoms with Gasteiger partial charge in [0.1, 0.15) is 5.75 Å². The summed E-state index contributed by atoms with van der Waals surface area (Å²) in [7, 11) is 0. The standard InChI is InChI=1S/C22H34N2O4/c1-16(2)18-6-5-7-19(17(3)4)22(18)28-20(8-9-21(25)26)23-10-11-24-12-14-27-15-13-24/h5-7,16-17H,8-15H2,1-4H3,(H,25,26). The lowest BCUT2D eigenvalue weighted by Crippen LogP contribution is -2.37. The van der Waals surface area contributed by atoms with Crippen LogP contribution in [0, 0.1) is 0 Å². The zero-order valence-corrected chi connectivity index (χ0v) is 17.6. The Morgan fingerprint density at radius 1 is 1.14 bits per heavy atom. The van der Waals surface area contributed by atoms with E-state index >= 15 is 0 Å². The number of ether oxygens (including phenoxy) is 2. The molecule has 1 saturated heterocycles. The molecule has 1 fully saturated rings. The second-order valence-corrected chi connectivity index (χ2v) is 7.80. The zero-order chi connectivity index (χ0) is 20.5. The van der Waals surface area contributed by atoms with Crippen molar-refractivity contribution in [3.05, 3.63) is 29.3 Å². The number of nitrogens with zero attached hydrogens (tertiary/aromatic N) is 2. The van der Waals surface area contributed by atoms with Gasteiger partial charge in [-0.1, -0.05) is 45.9 Å². The van der Waals surface area contributed by atoms with Crippen molar-refractivity contribution >= 4 is 11.9 Å². The first-order chi connectivity index (χ1) is 13.4. The third-order valence-electron chi connectivity index (χ3n) is 4.90. The highest BCUT2D eigenvalue weighted by Gasteiger charge is 2.18. The number of para-hydroxylation sites is 1. The molecule has 1 aliphatic heterocycles. The summed E-state index contributed by atoms with van der Waals surface area (Å²) in [5.74, 6) is 1.12. The highest BCUT2D eigenvalue weighted by atomic mass is 16.5. The fraction of sp³-hybridized carbons (Fsp3) is 0.636. The summed E-state index contributed by atoms with van der Waals surface area (Å²) in [5, 5.41) is 9.11. The molecule has 0 spiro atoms. The summed E-state index contributed by atoms with van der Waals surface area (Å²) in [6.07, 6.45) is 0.305. The molecule has 0 aliphatic carbocycles. The van der Waals surface area contributed by atoms with Crippen LogP contribution in [-0.4, -0.2) is 61.3 Å². The normalized spacial score (nSPS) is 16.0. The number of hydrogen-bond acceptors (Lipinski definition) is 5. The van der Waals surface area contributed by atoms with Gasteiger partial charge in [-0.05, 0) is 23.0 Å². The third kappa shape index (κ3) is 6.91. The van der Waals surface area contributed by atoms with E-state index in [1.54, 1.807) is 0 Å². The molecule has 1 heterocycles. The zero-order valence-electron chi connectivity index (χ0n) is 17.6. The topological polar surface area (TPSA) is 71.4 Å². The van der Waals surface area contributed by atoms with Crippen LogP contribution in [0.4, 0.5) is 0 Å². The highest BCUT2D eigenvalue weighted by molar-refractivity contribution is 5.83. The minimum absolute atomic E-state index is 0.0112. The predicted octanol–water partition coefficient (Wildman–Crippen LogP) is 3.91. The molecular weight excluding hydrogens is 356 g/mol. The van der Waals surface area contributed by atoms with Crippen LogP contribution in [0.1, 0.15) is 63.5 Å². The van der Waals surface area contributed by atoms with Crippen LogP contribution < -0.4 is 4.74 Å². The number of rotatable bonds is 9. The lowest BCUT2D eigenvalue weighted by Gasteiger charge is -2.26. The lowest BCUT2D eigenvalue weighted by molar-refractivity contribution is -0.136. The Balaban J connectivity index is 2.18. The van der Waals surface area contributed by atoms with Gasteiger partial charge < -0.3 is 14.6 Å². The maximum atomic E-state index is 11.1. The van der Waals surface area contributed by atoms with Gasteiger partial charge >= 0.3 is 5.97 Å². The molecule has 1 aliphatic rings. The van der Waals surface area contributed by atoms with Crippen molar-refractivity contribution in [3.63, 3.8) is 0 Å². The Hall–Kier alpha value is -1.92. The Morgan fingerprint density at radius 3 is 2.29 bits per heavy atom. The number of aliphatic imine (C=N–C) groups is 1. The number of aliphatic carboxylic acids is 1. The molecule has 0 radical (unpaired) electrons. The van der Waals surface area contributed by atoms with Crippen LogP contribution in [0.25, 0.3) is 0 Å². The molecule has 0 saturated carbocycles. The monoisotopic (exact) mass is 390 g/mol. The Bertz CT molecular complexity index is 638. The van der Waals surface area contributed by atoms with Gasteiger partial charge in [0.05, 0.1) is 26.2 Å². The third-order valence-corrected chi connectivity index (χ3v) is 4.90. The fourth-order valence-electron chi connectivity index (χ4n) is 3.24. The molecule has 2 rings (SSSR count). The van der Waals surface area contributed by atoms with Crippen LogP contribution in [-0.2, 0) is 9.53 Å². The molecule has 6 heteroatoms. The molecule has 0 unspecified atom stereocenters. The summed E-state index contributed by atoms with van der Waals surface area (Å²) in [5.41, 5.74) is 2.25. The van der Waals surface area contributed by atoms with Crippen LogP contribution in [0.2, 0.25) is 0 Å². The number of benzene rings is 1. The number of morpholine rings is 1. The predicted molar refractivity (Wildman–Crippen MR) is 112 cm³/mol. The van der Waals surface area contributed by atoms with E-state index in [1.165, 1.54) is 0 Å². The van der Waals surface area contributed by atoms with Crippen molar-refractivity contribution in [1.29, 1.82) is 0 Å². The highest BCUT2D eigenvalue weighted by Crippen LogP contribution is 2.34. The molecule has 0 aromatic heterocycles. The van der Waals surface area contributed by atoms with Gasteiger partial charge in [0.25, 0.3) is 0 Å². The summed E-state index contributed by atoms with van der Waals surface area (Å²) in [4.78, 5) is 18.0. The van der Waals surface area contributed by atoms with Gasteiger partial charge in [-0.2, -0.15) is 0 Å². The van der Waals surface area contributed by atoms with Crippen LogP contribution in [0.15, 0.2) is 23.2 Å². The molecule has 0 amide bonds. The lowest BCUT2D eigenvalue weighted by atomic mass is 9.94. The Kier molecular flexibility index (Phi) is 8.93. The minimum atomic E-state index is -0.842. The number of hydrogen-bond donors (Lipinski definition) is 1. The molecule has 1 aromatic rings. The maximum Gasteiger partial charge on any atom is 0.303 e. The van der Waals surface area contributed by atoms with Crippen LogP contribution >= 0.6 is 0 Å². The van der Waals surface area contributed by atoms with Crippen molar-refractivity contribution in [2.24, 2.45) is 4.99 Å². The molecular formula is C22H34N2O4. The van der Waals surface area contributed by atoms with Gasteiger partial charge in [-0.25, -0.2) is 0 Å². The van der Waals surface area contributed by atoms with E-state index in [0.717, 1.165) is 49.7 Å². The van der Waals surface area contributed by atoms with Crippen molar-refractivity contribution in [1.82, 2.24) is 4.90 Å². The molecule has 1 aromatic carbocycles. The number of carbonyl (C=O) groups is 1. The average molecular weight is 391 g/mol. The van der Waals surface area contributed by atoms with E-state index in [9.17, 15) is 4.79 Å². The van der Waals surface area contributed by atoms with E-state index in [4.69, 9.17) is 14.6 Å². The molecule has 6 nitrogen and oxygen atoms in total. The quantitative estimate of drug-likeness (QED) is 0.511. The second kappa shape index (κ2) is 11.2. The Labute approximate surface area is 168 Å². The first-order valence-electron chi connectivity index (χ1n) is 10.2. The van der Waals surface area contributed by atoms with Gasteiger partial charge in [0, 0.05) is 26.1 Å². The van der Waals surface area contributed by atoms with Crippen molar-refractivity contribution in [3.8, 4) is 5.75 Å². The minimum Gasteiger partial charge on any atom is -0.481 e. The largest absolute Gasteiger partial charge is 0.481 e. The first kappa shape index (κ1) is 22.4. The summed E-state index contributed by atoms with van der Waals surface area (Å²) in [6.45, 7) is 13.3. The average Bonchev–Trinajstić information content (AvgIpc) is 2.66. The molecule has 0 bridgehead atoms. The molecule has 1 N–H and O–H groups in total. The van der Waals surface area contributed by atoms with E-state index in [0.29, 0.717) is 30.7 Å². The van der Waals surface area contributed by atoms with E-state index in [2.05, 4.69) is 55.8 Å². The second-order valence-electron chi connectivity index (χ2n) is 7.80. The van der Waals surface area contributed by atoms with Gasteiger partial charge in [-0.3, -0.25) is 14.7 Å². The molecule has 0 atom stereocenters. The smallest absolute Gasteiger partial charge is 0.303 e. The number of carboxylic acids is 1. The van der Waals surface area contributed by atoms with E-state index in [-0.39, 0.29) is 6.42 Å². The van der Waals surface area contributed by atoms with Crippen molar-refractivity contribution in [2.75, 3.05) is 39.4 Å². The summed E-state index contributed by atoms with van der Waals surface area (Å²) < 4.78 is 11.7. The number of carboxylic acid groups (broad SMARTS) is 1.